The Kier molecular flexibility index (Phi) is 7.47. The SMILES string of the molecule is CC(=O)c1cccc(OCC(=O)NCCCSc2ccc(F)cc2)c1. The summed E-state index contributed by atoms with van der Waals surface area (Å²) in [5.41, 5.74) is 0.552. The van der Waals surface area contributed by atoms with Crippen LogP contribution in [-0.2, 0) is 4.79 Å². The molecule has 0 aliphatic heterocycles. The summed E-state index contributed by atoms with van der Waals surface area (Å²) in [6.07, 6.45) is 0.799. The van der Waals surface area contributed by atoms with Gasteiger partial charge < -0.3 is 10.1 Å². The Morgan fingerprint density at radius 2 is 1.92 bits per heavy atom. The number of ketones is 1. The van der Waals surface area contributed by atoms with Gasteiger partial charge in [0.2, 0.25) is 0 Å². The monoisotopic (exact) mass is 361 g/mol. The number of ether oxygens (including phenoxy) is 1. The summed E-state index contributed by atoms with van der Waals surface area (Å²) < 4.78 is 18.2. The van der Waals surface area contributed by atoms with Gasteiger partial charge in [-0.15, -0.1) is 11.8 Å². The molecule has 25 heavy (non-hydrogen) atoms. The van der Waals surface area contributed by atoms with Crippen molar-refractivity contribution in [2.24, 2.45) is 0 Å². The Labute approximate surface area is 150 Å². The van der Waals surface area contributed by atoms with Gasteiger partial charge in [-0.3, -0.25) is 9.59 Å². The zero-order chi connectivity index (χ0) is 18.1. The van der Waals surface area contributed by atoms with Crippen LogP contribution in [0.4, 0.5) is 4.39 Å². The van der Waals surface area contributed by atoms with E-state index in [4.69, 9.17) is 4.74 Å². The lowest BCUT2D eigenvalue weighted by atomic mass is 10.1. The highest BCUT2D eigenvalue weighted by Gasteiger charge is 2.05. The first-order chi connectivity index (χ1) is 12.0. The largest absolute Gasteiger partial charge is 0.484 e. The molecule has 0 aliphatic rings. The molecule has 1 N–H and O–H groups in total. The summed E-state index contributed by atoms with van der Waals surface area (Å²) >= 11 is 1.61. The molecular weight excluding hydrogens is 341 g/mol. The first-order valence-corrected chi connectivity index (χ1v) is 8.92. The minimum Gasteiger partial charge on any atom is -0.484 e. The van der Waals surface area contributed by atoms with E-state index in [1.807, 2.05) is 0 Å². The molecule has 0 radical (unpaired) electrons. The van der Waals surface area contributed by atoms with Gasteiger partial charge in [0.25, 0.3) is 5.91 Å². The molecule has 132 valence electrons. The zero-order valence-corrected chi connectivity index (χ0v) is 14.8. The second kappa shape index (κ2) is 9.84. The number of benzene rings is 2. The molecule has 0 heterocycles. The number of thioether (sulfide) groups is 1. The van der Waals surface area contributed by atoms with Crippen molar-refractivity contribution >= 4 is 23.5 Å². The van der Waals surface area contributed by atoms with E-state index in [-0.39, 0.29) is 24.1 Å². The number of carbonyl (C=O) groups excluding carboxylic acids is 2. The van der Waals surface area contributed by atoms with Gasteiger partial charge in [-0.1, -0.05) is 12.1 Å². The van der Waals surface area contributed by atoms with Crippen molar-refractivity contribution in [3.05, 3.63) is 59.9 Å². The third kappa shape index (κ3) is 6.97. The fourth-order valence-corrected chi connectivity index (χ4v) is 2.88. The molecule has 0 atom stereocenters. The maximum Gasteiger partial charge on any atom is 0.257 e. The van der Waals surface area contributed by atoms with Crippen LogP contribution in [0.2, 0.25) is 0 Å². The Balaban J connectivity index is 1.61. The predicted molar refractivity (Wildman–Crippen MR) is 96.7 cm³/mol. The summed E-state index contributed by atoms with van der Waals surface area (Å²) in [6, 6.07) is 13.1. The molecule has 4 nitrogen and oxygen atoms in total. The average Bonchev–Trinajstić information content (AvgIpc) is 2.61. The van der Waals surface area contributed by atoms with Crippen LogP contribution in [0, 0.1) is 5.82 Å². The molecule has 0 aromatic heterocycles. The normalized spacial score (nSPS) is 10.3. The highest BCUT2D eigenvalue weighted by atomic mass is 32.2. The molecule has 0 saturated heterocycles. The molecule has 0 bridgehead atoms. The highest BCUT2D eigenvalue weighted by Crippen LogP contribution is 2.18. The van der Waals surface area contributed by atoms with Crippen molar-refractivity contribution in [1.82, 2.24) is 5.32 Å². The number of hydrogen-bond acceptors (Lipinski definition) is 4. The van der Waals surface area contributed by atoms with Crippen molar-refractivity contribution in [3.63, 3.8) is 0 Å². The average molecular weight is 361 g/mol. The number of amides is 1. The molecule has 0 saturated carbocycles. The summed E-state index contributed by atoms with van der Waals surface area (Å²) in [6.45, 7) is 1.94. The summed E-state index contributed by atoms with van der Waals surface area (Å²) in [4.78, 5) is 24.1. The van der Waals surface area contributed by atoms with E-state index in [9.17, 15) is 14.0 Å². The molecule has 0 fully saturated rings. The van der Waals surface area contributed by atoms with Crippen molar-refractivity contribution < 1.29 is 18.7 Å². The van der Waals surface area contributed by atoms with Gasteiger partial charge in [0.05, 0.1) is 0 Å². The number of hydrogen-bond donors (Lipinski definition) is 1. The number of halogens is 1. The number of Topliss-reactive ketones (excluding diaryl/α,β-unsaturated/α-hetero) is 1. The Morgan fingerprint density at radius 1 is 1.16 bits per heavy atom. The van der Waals surface area contributed by atoms with Crippen molar-refractivity contribution in [1.29, 1.82) is 0 Å². The van der Waals surface area contributed by atoms with Crippen molar-refractivity contribution in [3.8, 4) is 5.75 Å². The molecule has 6 heteroatoms. The molecule has 2 aromatic rings. The van der Waals surface area contributed by atoms with E-state index in [2.05, 4.69) is 5.32 Å². The zero-order valence-electron chi connectivity index (χ0n) is 14.0. The van der Waals surface area contributed by atoms with E-state index in [1.165, 1.54) is 19.1 Å². The Hall–Kier alpha value is -2.34. The topological polar surface area (TPSA) is 55.4 Å². The minimum atomic E-state index is -0.245. The van der Waals surface area contributed by atoms with Crippen LogP contribution in [0.5, 0.6) is 5.75 Å². The third-order valence-electron chi connectivity index (χ3n) is 3.34. The van der Waals surface area contributed by atoms with Crippen LogP contribution in [0.3, 0.4) is 0 Å². The van der Waals surface area contributed by atoms with E-state index in [0.717, 1.165) is 17.1 Å². The minimum absolute atomic E-state index is 0.0476. The van der Waals surface area contributed by atoms with Gasteiger partial charge in [0.15, 0.2) is 12.4 Å². The summed E-state index contributed by atoms with van der Waals surface area (Å²) in [5.74, 6) is 0.821. The van der Waals surface area contributed by atoms with Crippen LogP contribution < -0.4 is 10.1 Å². The van der Waals surface area contributed by atoms with E-state index >= 15 is 0 Å². The highest BCUT2D eigenvalue weighted by molar-refractivity contribution is 7.99. The predicted octanol–water partition coefficient (Wildman–Crippen LogP) is 3.71. The van der Waals surface area contributed by atoms with E-state index < -0.39 is 0 Å². The van der Waals surface area contributed by atoms with Gasteiger partial charge in [-0.05, 0) is 55.5 Å². The standard InChI is InChI=1S/C19H20FNO3S/c1-14(22)15-4-2-5-17(12-15)24-13-19(23)21-10-3-11-25-18-8-6-16(20)7-9-18/h2,4-9,12H,3,10-11,13H2,1H3,(H,21,23). The van der Waals surface area contributed by atoms with Gasteiger partial charge in [0, 0.05) is 17.0 Å². The number of rotatable bonds is 9. The molecular formula is C19H20FNO3S. The molecule has 0 spiro atoms. The van der Waals surface area contributed by atoms with Crippen LogP contribution in [-0.4, -0.2) is 30.6 Å². The summed E-state index contributed by atoms with van der Waals surface area (Å²) in [7, 11) is 0. The lowest BCUT2D eigenvalue weighted by molar-refractivity contribution is -0.123. The molecule has 0 unspecified atom stereocenters. The quantitative estimate of drug-likeness (QED) is 0.420. The fourth-order valence-electron chi connectivity index (χ4n) is 2.03. The molecule has 1 amide bonds. The number of carbonyl (C=O) groups is 2. The van der Waals surface area contributed by atoms with Crippen LogP contribution in [0.1, 0.15) is 23.7 Å². The van der Waals surface area contributed by atoms with E-state index in [0.29, 0.717) is 17.9 Å². The fraction of sp³-hybridized carbons (Fsp3) is 0.263. The molecule has 2 rings (SSSR count). The second-order valence-electron chi connectivity index (χ2n) is 5.38. The van der Waals surface area contributed by atoms with E-state index in [1.54, 1.807) is 48.2 Å². The van der Waals surface area contributed by atoms with Gasteiger partial charge in [-0.25, -0.2) is 4.39 Å². The van der Waals surface area contributed by atoms with Crippen LogP contribution in [0.15, 0.2) is 53.4 Å². The first-order valence-electron chi connectivity index (χ1n) is 7.93. The molecule has 0 aliphatic carbocycles. The summed E-state index contributed by atoms with van der Waals surface area (Å²) in [5, 5.41) is 2.78. The Bertz CT molecular complexity index is 719. The van der Waals surface area contributed by atoms with Crippen LogP contribution >= 0.6 is 11.8 Å². The van der Waals surface area contributed by atoms with Gasteiger partial charge >= 0.3 is 0 Å². The third-order valence-corrected chi connectivity index (χ3v) is 4.43. The van der Waals surface area contributed by atoms with Crippen LogP contribution in [0.25, 0.3) is 0 Å². The van der Waals surface area contributed by atoms with Crippen molar-refractivity contribution in [2.75, 3.05) is 18.9 Å². The van der Waals surface area contributed by atoms with Gasteiger partial charge in [0.1, 0.15) is 11.6 Å². The van der Waals surface area contributed by atoms with Crippen molar-refractivity contribution in [2.45, 2.75) is 18.2 Å². The van der Waals surface area contributed by atoms with Gasteiger partial charge in [-0.2, -0.15) is 0 Å². The maximum atomic E-state index is 12.8. The molecule has 2 aromatic carbocycles. The number of nitrogens with one attached hydrogen (secondary N) is 1. The Morgan fingerprint density at radius 3 is 2.64 bits per heavy atom. The lowest BCUT2D eigenvalue weighted by Gasteiger charge is -2.08. The first kappa shape index (κ1) is 19.0. The maximum absolute atomic E-state index is 12.8. The lowest BCUT2D eigenvalue weighted by Crippen LogP contribution is -2.29. The second-order valence-corrected chi connectivity index (χ2v) is 6.55. The smallest absolute Gasteiger partial charge is 0.257 e.